The van der Waals surface area contributed by atoms with Crippen LogP contribution in [-0.2, 0) is 27.9 Å². The Hall–Kier alpha value is -2.56. The number of sulfonamides is 1. The van der Waals surface area contributed by atoms with Crippen molar-refractivity contribution in [3.63, 3.8) is 0 Å². The monoisotopic (exact) mass is 493 g/mol. The molecule has 0 radical (unpaired) electrons. The summed E-state index contributed by atoms with van der Waals surface area (Å²) in [7, 11) is -3.53. The fourth-order valence-corrected chi connectivity index (χ4v) is 4.83. The van der Waals surface area contributed by atoms with Crippen LogP contribution in [-0.4, -0.2) is 41.1 Å². The van der Waals surface area contributed by atoms with Gasteiger partial charge in [0.15, 0.2) is 11.0 Å². The van der Waals surface area contributed by atoms with Crippen molar-refractivity contribution in [2.24, 2.45) is 0 Å². The maximum absolute atomic E-state index is 12.4. The van der Waals surface area contributed by atoms with Crippen LogP contribution < -0.4 is 9.62 Å². The van der Waals surface area contributed by atoms with E-state index in [1.807, 2.05) is 24.5 Å². The number of thioether (sulfide) groups is 1. The van der Waals surface area contributed by atoms with Gasteiger partial charge in [0, 0.05) is 17.3 Å². The Morgan fingerprint density at radius 3 is 2.53 bits per heavy atom. The molecular formula is C21H24ClN5O3S2. The summed E-state index contributed by atoms with van der Waals surface area (Å²) < 4.78 is 27.9. The first-order valence-electron chi connectivity index (χ1n) is 9.82. The molecular weight excluding hydrogens is 470 g/mol. The number of nitrogens with zero attached hydrogens (tertiary/aromatic N) is 4. The summed E-state index contributed by atoms with van der Waals surface area (Å²) in [4.78, 5) is 12.4. The molecule has 32 heavy (non-hydrogen) atoms. The number of benzene rings is 2. The molecule has 11 heteroatoms. The molecule has 0 spiro atoms. The number of anilines is 2. The topological polar surface area (TPSA) is 97.2 Å². The number of para-hydroxylation sites is 1. The zero-order valence-corrected chi connectivity index (χ0v) is 20.3. The van der Waals surface area contributed by atoms with E-state index in [1.165, 1.54) is 16.1 Å². The first kappa shape index (κ1) is 24.1. The van der Waals surface area contributed by atoms with E-state index in [0.717, 1.165) is 11.8 Å². The van der Waals surface area contributed by atoms with Crippen molar-refractivity contribution in [3.05, 3.63) is 64.9 Å². The van der Waals surface area contributed by atoms with Crippen LogP contribution in [0.1, 0.15) is 18.3 Å². The molecule has 3 rings (SSSR count). The molecule has 3 aromatic rings. The van der Waals surface area contributed by atoms with Gasteiger partial charge >= 0.3 is 0 Å². The third kappa shape index (κ3) is 6.02. The van der Waals surface area contributed by atoms with Gasteiger partial charge in [0.2, 0.25) is 15.9 Å². The van der Waals surface area contributed by atoms with E-state index in [0.29, 0.717) is 33.9 Å². The van der Waals surface area contributed by atoms with Gasteiger partial charge in [-0.25, -0.2) is 8.42 Å². The van der Waals surface area contributed by atoms with Crippen molar-refractivity contribution in [3.8, 4) is 0 Å². The highest BCUT2D eigenvalue weighted by molar-refractivity contribution is 7.99. The molecule has 1 aromatic heterocycles. The molecule has 8 nitrogen and oxygen atoms in total. The summed E-state index contributed by atoms with van der Waals surface area (Å²) in [5, 5.41) is 12.4. The smallest absolute Gasteiger partial charge is 0.234 e. The molecule has 170 valence electrons. The van der Waals surface area contributed by atoms with E-state index < -0.39 is 10.0 Å². The fraction of sp³-hybridized carbons (Fsp3) is 0.286. The maximum atomic E-state index is 12.4. The SMILES string of the molecule is CCn1c(CN(c2ccccc2)S(C)(=O)=O)nnc1SCC(=O)Nc1ccc(Cl)c(C)c1. The minimum Gasteiger partial charge on any atom is -0.325 e. The summed E-state index contributed by atoms with van der Waals surface area (Å²) in [6, 6.07) is 14.1. The van der Waals surface area contributed by atoms with Gasteiger partial charge < -0.3 is 9.88 Å². The van der Waals surface area contributed by atoms with Crippen LogP contribution in [0.5, 0.6) is 0 Å². The number of aromatic nitrogens is 3. The van der Waals surface area contributed by atoms with Gasteiger partial charge in [0.25, 0.3) is 0 Å². The molecule has 0 atom stereocenters. The number of hydrogen-bond acceptors (Lipinski definition) is 6. The van der Waals surface area contributed by atoms with E-state index >= 15 is 0 Å². The van der Waals surface area contributed by atoms with Gasteiger partial charge in [-0.15, -0.1) is 10.2 Å². The molecule has 0 aliphatic rings. The molecule has 0 fully saturated rings. The second-order valence-electron chi connectivity index (χ2n) is 7.05. The highest BCUT2D eigenvalue weighted by Gasteiger charge is 2.22. The van der Waals surface area contributed by atoms with E-state index in [2.05, 4.69) is 15.5 Å². The molecule has 0 bridgehead atoms. The summed E-state index contributed by atoms with van der Waals surface area (Å²) in [5.74, 6) is 0.442. The Labute approximate surface area is 197 Å². The van der Waals surface area contributed by atoms with Gasteiger partial charge in [-0.1, -0.05) is 41.6 Å². The standard InChI is InChI=1S/C21H24ClN5O3S2/c1-4-26-19(13-27(32(3,29)30)17-8-6-5-7-9-17)24-25-21(26)31-14-20(28)23-16-10-11-18(22)15(2)12-16/h5-12H,4,13-14H2,1-3H3,(H,23,28). The third-order valence-corrected chi connectivity index (χ3v) is 7.14. The summed E-state index contributed by atoms with van der Waals surface area (Å²) in [5.41, 5.74) is 2.09. The van der Waals surface area contributed by atoms with Crippen LogP contribution in [0.3, 0.4) is 0 Å². The normalized spacial score (nSPS) is 11.4. The van der Waals surface area contributed by atoms with Crippen LogP contribution in [0, 0.1) is 6.92 Å². The molecule has 1 N–H and O–H groups in total. The van der Waals surface area contributed by atoms with Crippen LogP contribution in [0.2, 0.25) is 5.02 Å². The minimum absolute atomic E-state index is 0.0422. The number of carbonyl (C=O) groups excluding carboxylic acids is 1. The summed E-state index contributed by atoms with van der Waals surface area (Å²) in [6.45, 7) is 4.36. The number of nitrogens with one attached hydrogen (secondary N) is 1. The number of aryl methyl sites for hydroxylation is 1. The molecule has 0 saturated carbocycles. The molecule has 1 heterocycles. The van der Waals surface area contributed by atoms with Crippen molar-refractivity contribution in [1.29, 1.82) is 0 Å². The Bertz CT molecular complexity index is 1200. The summed E-state index contributed by atoms with van der Waals surface area (Å²) >= 11 is 7.26. The lowest BCUT2D eigenvalue weighted by Gasteiger charge is -2.22. The lowest BCUT2D eigenvalue weighted by atomic mass is 10.2. The maximum Gasteiger partial charge on any atom is 0.234 e. The Kier molecular flexibility index (Phi) is 7.81. The number of halogens is 1. The van der Waals surface area contributed by atoms with Gasteiger partial charge in [-0.05, 0) is 49.7 Å². The van der Waals surface area contributed by atoms with Gasteiger partial charge in [-0.3, -0.25) is 9.10 Å². The van der Waals surface area contributed by atoms with Crippen LogP contribution in [0.15, 0.2) is 53.7 Å². The summed E-state index contributed by atoms with van der Waals surface area (Å²) in [6.07, 6.45) is 1.16. The first-order valence-corrected chi connectivity index (χ1v) is 13.0. The highest BCUT2D eigenvalue weighted by Crippen LogP contribution is 2.23. The van der Waals surface area contributed by atoms with E-state index in [9.17, 15) is 13.2 Å². The molecule has 0 aliphatic heterocycles. The lowest BCUT2D eigenvalue weighted by Crippen LogP contribution is -2.30. The molecule has 0 saturated heterocycles. The zero-order chi connectivity index (χ0) is 23.3. The second-order valence-corrected chi connectivity index (χ2v) is 10.3. The van der Waals surface area contributed by atoms with Gasteiger partial charge in [-0.2, -0.15) is 0 Å². The number of carbonyl (C=O) groups is 1. The molecule has 0 aliphatic carbocycles. The van der Waals surface area contributed by atoms with E-state index in [1.54, 1.807) is 42.5 Å². The van der Waals surface area contributed by atoms with Crippen molar-refractivity contribution >= 4 is 50.7 Å². The molecule has 1 amide bonds. The predicted molar refractivity (Wildman–Crippen MR) is 129 cm³/mol. The van der Waals surface area contributed by atoms with Crippen molar-refractivity contribution in [2.75, 3.05) is 21.6 Å². The predicted octanol–water partition coefficient (Wildman–Crippen LogP) is 3.96. The average Bonchev–Trinajstić information content (AvgIpc) is 3.14. The third-order valence-electron chi connectivity index (χ3n) is 4.61. The Balaban J connectivity index is 1.71. The largest absolute Gasteiger partial charge is 0.325 e. The van der Waals surface area contributed by atoms with Crippen molar-refractivity contribution in [1.82, 2.24) is 14.8 Å². The van der Waals surface area contributed by atoms with E-state index in [-0.39, 0.29) is 18.2 Å². The van der Waals surface area contributed by atoms with Crippen molar-refractivity contribution < 1.29 is 13.2 Å². The highest BCUT2D eigenvalue weighted by atomic mass is 35.5. The second kappa shape index (κ2) is 10.4. The Morgan fingerprint density at radius 2 is 1.91 bits per heavy atom. The minimum atomic E-state index is -3.53. The fourth-order valence-electron chi connectivity index (χ4n) is 3.03. The quantitative estimate of drug-likeness (QED) is 0.453. The van der Waals surface area contributed by atoms with Crippen molar-refractivity contribution in [2.45, 2.75) is 32.1 Å². The molecule has 0 unspecified atom stereocenters. The van der Waals surface area contributed by atoms with E-state index in [4.69, 9.17) is 11.6 Å². The average molecular weight is 494 g/mol. The number of hydrogen-bond donors (Lipinski definition) is 1. The first-order chi connectivity index (χ1) is 15.2. The van der Waals surface area contributed by atoms with Crippen LogP contribution >= 0.6 is 23.4 Å². The Morgan fingerprint density at radius 1 is 1.19 bits per heavy atom. The molecule has 2 aromatic carbocycles. The number of rotatable bonds is 9. The number of amides is 1. The van der Waals surface area contributed by atoms with Gasteiger partial charge in [0.1, 0.15) is 0 Å². The lowest BCUT2D eigenvalue weighted by molar-refractivity contribution is -0.113. The zero-order valence-electron chi connectivity index (χ0n) is 17.9. The van der Waals surface area contributed by atoms with Crippen LogP contribution in [0.4, 0.5) is 11.4 Å². The van der Waals surface area contributed by atoms with Crippen LogP contribution in [0.25, 0.3) is 0 Å². The van der Waals surface area contributed by atoms with Gasteiger partial charge in [0.05, 0.1) is 24.2 Å².